The molecule has 2 aromatic heterocycles. The molecule has 0 saturated carbocycles. The Morgan fingerprint density at radius 1 is 1.18 bits per heavy atom. The van der Waals surface area contributed by atoms with Gasteiger partial charge in [-0.3, -0.25) is 15.1 Å². The molecule has 0 bridgehead atoms. The van der Waals surface area contributed by atoms with Crippen LogP contribution in [0, 0.1) is 6.92 Å². The second-order valence-corrected chi connectivity index (χ2v) is 3.45. The van der Waals surface area contributed by atoms with Crippen LogP contribution in [0.1, 0.15) is 12.7 Å². The maximum Gasteiger partial charge on any atom is 0.233 e. The van der Waals surface area contributed by atoms with Crippen molar-refractivity contribution >= 4 is 11.9 Å². The fraction of sp³-hybridized carbons (Fsp3) is 0.182. The Hall–Kier alpha value is -2.37. The maximum atomic E-state index is 11.0. The molecule has 0 saturated heterocycles. The first-order valence-electron chi connectivity index (χ1n) is 5.06. The van der Waals surface area contributed by atoms with E-state index in [1.165, 1.54) is 6.92 Å². The van der Waals surface area contributed by atoms with Crippen molar-refractivity contribution in [1.29, 1.82) is 0 Å². The predicted molar refractivity (Wildman–Crippen MR) is 62.1 cm³/mol. The highest BCUT2D eigenvalue weighted by Crippen LogP contribution is 2.14. The molecular formula is C11H11N5O. The smallest absolute Gasteiger partial charge is 0.233 e. The molecule has 2 aromatic rings. The van der Waals surface area contributed by atoms with Gasteiger partial charge in [0.25, 0.3) is 0 Å². The standard InChI is InChI=1S/C11H11N5O/c1-7-13-10(9-3-5-12-6-4-9)16-11(14-7)15-8(2)17/h3-6H,1-2H3,(H,13,14,15,16,17). The first-order chi connectivity index (χ1) is 8.15. The lowest BCUT2D eigenvalue weighted by atomic mass is 10.2. The van der Waals surface area contributed by atoms with E-state index in [2.05, 4.69) is 25.3 Å². The average Bonchev–Trinajstić information content (AvgIpc) is 2.28. The van der Waals surface area contributed by atoms with Gasteiger partial charge in [-0.1, -0.05) is 0 Å². The number of nitrogens with zero attached hydrogens (tertiary/aromatic N) is 4. The molecule has 0 spiro atoms. The Bertz CT molecular complexity index is 541. The zero-order chi connectivity index (χ0) is 12.3. The number of hydrogen-bond donors (Lipinski definition) is 1. The van der Waals surface area contributed by atoms with E-state index >= 15 is 0 Å². The van der Waals surface area contributed by atoms with Crippen molar-refractivity contribution in [2.45, 2.75) is 13.8 Å². The number of hydrogen-bond acceptors (Lipinski definition) is 5. The Balaban J connectivity index is 2.42. The van der Waals surface area contributed by atoms with Crippen LogP contribution in [0.25, 0.3) is 11.4 Å². The van der Waals surface area contributed by atoms with Crippen molar-refractivity contribution < 1.29 is 4.79 Å². The maximum absolute atomic E-state index is 11.0. The summed E-state index contributed by atoms with van der Waals surface area (Å²) in [7, 11) is 0. The molecule has 0 fully saturated rings. The summed E-state index contributed by atoms with van der Waals surface area (Å²) in [5.41, 5.74) is 0.831. The molecular weight excluding hydrogens is 218 g/mol. The summed E-state index contributed by atoms with van der Waals surface area (Å²) >= 11 is 0. The van der Waals surface area contributed by atoms with Crippen molar-refractivity contribution in [1.82, 2.24) is 19.9 Å². The van der Waals surface area contributed by atoms with E-state index in [-0.39, 0.29) is 11.9 Å². The van der Waals surface area contributed by atoms with Crippen molar-refractivity contribution in [3.63, 3.8) is 0 Å². The molecule has 0 aliphatic rings. The number of rotatable bonds is 2. The van der Waals surface area contributed by atoms with Crippen LogP contribution >= 0.6 is 0 Å². The quantitative estimate of drug-likeness (QED) is 0.836. The Kier molecular flexibility index (Phi) is 3.04. The Morgan fingerprint density at radius 3 is 2.53 bits per heavy atom. The molecule has 1 amide bonds. The van der Waals surface area contributed by atoms with E-state index in [9.17, 15) is 4.79 Å². The summed E-state index contributed by atoms with van der Waals surface area (Å²) in [4.78, 5) is 27.3. The molecule has 0 aliphatic heterocycles. The minimum atomic E-state index is -0.212. The van der Waals surface area contributed by atoms with Crippen LogP contribution in [-0.4, -0.2) is 25.8 Å². The molecule has 17 heavy (non-hydrogen) atoms. The zero-order valence-electron chi connectivity index (χ0n) is 9.51. The largest absolute Gasteiger partial charge is 0.295 e. The Labute approximate surface area is 98.2 Å². The third-order valence-corrected chi connectivity index (χ3v) is 1.97. The first kappa shape index (κ1) is 11.1. The summed E-state index contributed by atoms with van der Waals surface area (Å²) in [6.45, 7) is 3.16. The monoisotopic (exact) mass is 229 g/mol. The molecule has 0 aliphatic carbocycles. The van der Waals surface area contributed by atoms with Gasteiger partial charge in [0.1, 0.15) is 5.82 Å². The van der Waals surface area contributed by atoms with E-state index < -0.39 is 0 Å². The molecule has 1 N–H and O–H groups in total. The average molecular weight is 229 g/mol. The van der Waals surface area contributed by atoms with Gasteiger partial charge in [0.15, 0.2) is 5.82 Å². The predicted octanol–water partition coefficient (Wildman–Crippen LogP) is 1.20. The summed E-state index contributed by atoms with van der Waals surface area (Å²) in [6.07, 6.45) is 3.32. The van der Waals surface area contributed by atoms with Gasteiger partial charge in [0.05, 0.1) is 0 Å². The van der Waals surface area contributed by atoms with Gasteiger partial charge in [-0.25, -0.2) is 4.98 Å². The van der Waals surface area contributed by atoms with E-state index in [0.717, 1.165) is 5.56 Å². The molecule has 0 unspecified atom stereocenters. The van der Waals surface area contributed by atoms with Crippen LogP contribution in [0.3, 0.4) is 0 Å². The van der Waals surface area contributed by atoms with Crippen LogP contribution in [-0.2, 0) is 4.79 Å². The van der Waals surface area contributed by atoms with Gasteiger partial charge in [0, 0.05) is 24.9 Å². The highest BCUT2D eigenvalue weighted by Gasteiger charge is 2.06. The number of anilines is 1. The second-order valence-electron chi connectivity index (χ2n) is 3.45. The number of pyridine rings is 1. The van der Waals surface area contributed by atoms with Gasteiger partial charge < -0.3 is 0 Å². The van der Waals surface area contributed by atoms with Crippen molar-refractivity contribution in [2.24, 2.45) is 0 Å². The van der Waals surface area contributed by atoms with Crippen molar-refractivity contribution in [2.75, 3.05) is 5.32 Å². The minimum Gasteiger partial charge on any atom is -0.295 e. The number of nitrogens with one attached hydrogen (secondary N) is 1. The molecule has 6 heteroatoms. The van der Waals surface area contributed by atoms with Crippen LogP contribution in [0.5, 0.6) is 0 Å². The number of amides is 1. The third-order valence-electron chi connectivity index (χ3n) is 1.97. The molecule has 2 rings (SSSR count). The topological polar surface area (TPSA) is 80.7 Å². The van der Waals surface area contributed by atoms with Crippen molar-refractivity contribution in [3.8, 4) is 11.4 Å². The van der Waals surface area contributed by atoms with Crippen LogP contribution < -0.4 is 5.32 Å². The Morgan fingerprint density at radius 2 is 1.88 bits per heavy atom. The molecule has 0 aromatic carbocycles. The highest BCUT2D eigenvalue weighted by molar-refractivity contribution is 5.86. The number of carbonyl (C=O) groups excluding carboxylic acids is 1. The second kappa shape index (κ2) is 4.65. The lowest BCUT2D eigenvalue weighted by Gasteiger charge is -2.04. The summed E-state index contributed by atoms with van der Waals surface area (Å²) in [6, 6.07) is 3.60. The number of aryl methyl sites for hydroxylation is 1. The minimum absolute atomic E-state index is 0.212. The fourth-order valence-electron chi connectivity index (χ4n) is 1.33. The summed E-state index contributed by atoms with van der Waals surface area (Å²) in [5.74, 6) is 1.12. The lowest BCUT2D eigenvalue weighted by Crippen LogP contribution is -2.11. The summed E-state index contributed by atoms with van der Waals surface area (Å²) < 4.78 is 0. The molecule has 2 heterocycles. The van der Waals surface area contributed by atoms with Gasteiger partial charge in [0.2, 0.25) is 11.9 Å². The normalized spacial score (nSPS) is 10.0. The van der Waals surface area contributed by atoms with E-state index in [0.29, 0.717) is 11.6 Å². The van der Waals surface area contributed by atoms with Crippen LogP contribution in [0.4, 0.5) is 5.95 Å². The number of carbonyl (C=O) groups is 1. The van der Waals surface area contributed by atoms with E-state index in [1.54, 1.807) is 31.5 Å². The third kappa shape index (κ3) is 2.81. The summed E-state index contributed by atoms with van der Waals surface area (Å²) in [5, 5.41) is 2.54. The van der Waals surface area contributed by atoms with E-state index in [4.69, 9.17) is 0 Å². The molecule has 6 nitrogen and oxygen atoms in total. The van der Waals surface area contributed by atoms with Crippen molar-refractivity contribution in [3.05, 3.63) is 30.4 Å². The fourth-order valence-corrected chi connectivity index (χ4v) is 1.33. The number of aromatic nitrogens is 4. The highest BCUT2D eigenvalue weighted by atomic mass is 16.1. The molecule has 86 valence electrons. The van der Waals surface area contributed by atoms with Gasteiger partial charge in [-0.05, 0) is 19.1 Å². The van der Waals surface area contributed by atoms with Gasteiger partial charge in [-0.15, -0.1) is 0 Å². The van der Waals surface area contributed by atoms with Gasteiger partial charge in [-0.2, -0.15) is 9.97 Å². The van der Waals surface area contributed by atoms with Crippen LogP contribution in [0.15, 0.2) is 24.5 Å². The first-order valence-corrected chi connectivity index (χ1v) is 5.06. The van der Waals surface area contributed by atoms with Crippen LogP contribution in [0.2, 0.25) is 0 Å². The molecule has 0 atom stereocenters. The lowest BCUT2D eigenvalue weighted by molar-refractivity contribution is -0.114. The molecule has 0 radical (unpaired) electrons. The van der Waals surface area contributed by atoms with Gasteiger partial charge >= 0.3 is 0 Å². The zero-order valence-corrected chi connectivity index (χ0v) is 9.51. The SMILES string of the molecule is CC(=O)Nc1nc(C)nc(-c2ccncc2)n1. The van der Waals surface area contributed by atoms with E-state index in [1.807, 2.05) is 0 Å².